The first-order chi connectivity index (χ1) is 10.0. The van der Waals surface area contributed by atoms with Crippen LogP contribution in [-0.4, -0.2) is 23.1 Å². The van der Waals surface area contributed by atoms with Crippen LogP contribution in [0.5, 0.6) is 0 Å². The Kier molecular flexibility index (Phi) is 5.02. The van der Waals surface area contributed by atoms with Crippen LogP contribution in [0, 0.1) is 13.8 Å². The minimum Gasteiger partial charge on any atom is -0.357 e. The summed E-state index contributed by atoms with van der Waals surface area (Å²) in [6, 6.07) is 5.99. The zero-order chi connectivity index (χ0) is 15.4. The largest absolute Gasteiger partial charge is 0.357 e. The van der Waals surface area contributed by atoms with E-state index in [1.807, 2.05) is 26.0 Å². The van der Waals surface area contributed by atoms with Gasteiger partial charge in [0.15, 0.2) is 0 Å². The summed E-state index contributed by atoms with van der Waals surface area (Å²) in [6.07, 6.45) is 1.58. The molecule has 0 saturated heterocycles. The van der Waals surface area contributed by atoms with Crippen molar-refractivity contribution in [2.45, 2.75) is 27.7 Å². The monoisotopic (exact) mass is 304 g/mol. The van der Waals surface area contributed by atoms with Crippen LogP contribution in [0.25, 0.3) is 0 Å². The Bertz CT molecular complexity index is 600. The number of benzene rings is 1. The number of anilines is 3. The molecule has 5 heteroatoms. The Hall–Kier alpha value is -1.81. The summed E-state index contributed by atoms with van der Waals surface area (Å²) in [5, 5.41) is 4.01. The van der Waals surface area contributed by atoms with E-state index < -0.39 is 0 Å². The predicted octanol–water partition coefficient (Wildman–Crippen LogP) is 4.34. The van der Waals surface area contributed by atoms with Crippen LogP contribution >= 0.6 is 11.6 Å². The van der Waals surface area contributed by atoms with Gasteiger partial charge in [0.1, 0.15) is 18.0 Å². The van der Waals surface area contributed by atoms with E-state index in [2.05, 4.69) is 40.1 Å². The Morgan fingerprint density at radius 1 is 1.10 bits per heavy atom. The molecule has 4 nitrogen and oxygen atoms in total. The van der Waals surface area contributed by atoms with E-state index in [1.165, 1.54) is 0 Å². The molecule has 112 valence electrons. The Balaban J connectivity index is 2.30. The van der Waals surface area contributed by atoms with Gasteiger partial charge in [-0.3, -0.25) is 0 Å². The summed E-state index contributed by atoms with van der Waals surface area (Å²) >= 11 is 6.33. The van der Waals surface area contributed by atoms with Gasteiger partial charge in [-0.25, -0.2) is 9.97 Å². The standard InChI is InChI=1S/C16H21ClN4/c1-5-21(6-2)15-9-14(18-10-19-15)20-16-12(4)7-11(3)8-13(16)17/h7-10H,5-6H2,1-4H3,(H,18,19,20). The zero-order valence-corrected chi connectivity index (χ0v) is 13.7. The van der Waals surface area contributed by atoms with Gasteiger partial charge in [0, 0.05) is 19.2 Å². The minimum atomic E-state index is 0.704. The first-order valence-electron chi connectivity index (χ1n) is 7.15. The summed E-state index contributed by atoms with van der Waals surface area (Å²) in [4.78, 5) is 10.8. The van der Waals surface area contributed by atoms with Crippen LogP contribution in [0.1, 0.15) is 25.0 Å². The third-order valence-corrected chi connectivity index (χ3v) is 3.72. The van der Waals surface area contributed by atoms with Gasteiger partial charge in [0.2, 0.25) is 0 Å². The topological polar surface area (TPSA) is 41.0 Å². The van der Waals surface area contributed by atoms with Crippen molar-refractivity contribution in [3.05, 3.63) is 40.7 Å². The van der Waals surface area contributed by atoms with Crippen molar-refractivity contribution in [3.8, 4) is 0 Å². The highest BCUT2D eigenvalue weighted by Crippen LogP contribution is 2.30. The molecule has 0 bridgehead atoms. The van der Waals surface area contributed by atoms with Crippen molar-refractivity contribution < 1.29 is 0 Å². The van der Waals surface area contributed by atoms with Gasteiger partial charge in [-0.1, -0.05) is 17.7 Å². The lowest BCUT2D eigenvalue weighted by molar-refractivity contribution is 0.842. The highest BCUT2D eigenvalue weighted by Gasteiger charge is 2.09. The van der Waals surface area contributed by atoms with Crippen molar-refractivity contribution in [1.29, 1.82) is 0 Å². The van der Waals surface area contributed by atoms with Gasteiger partial charge in [-0.05, 0) is 44.9 Å². The van der Waals surface area contributed by atoms with E-state index >= 15 is 0 Å². The van der Waals surface area contributed by atoms with Gasteiger partial charge in [-0.15, -0.1) is 0 Å². The van der Waals surface area contributed by atoms with E-state index in [0.717, 1.165) is 41.5 Å². The average molecular weight is 305 g/mol. The molecule has 0 atom stereocenters. The zero-order valence-electron chi connectivity index (χ0n) is 12.9. The third kappa shape index (κ3) is 3.64. The number of nitrogens with zero attached hydrogens (tertiary/aromatic N) is 3. The highest BCUT2D eigenvalue weighted by atomic mass is 35.5. The van der Waals surface area contributed by atoms with Crippen LogP contribution in [0.3, 0.4) is 0 Å². The maximum Gasteiger partial charge on any atom is 0.135 e. The molecule has 0 aliphatic heterocycles. The van der Waals surface area contributed by atoms with Crippen molar-refractivity contribution in [2.75, 3.05) is 23.3 Å². The van der Waals surface area contributed by atoms with Crippen LogP contribution < -0.4 is 10.2 Å². The van der Waals surface area contributed by atoms with E-state index in [4.69, 9.17) is 11.6 Å². The molecule has 0 spiro atoms. The Morgan fingerprint density at radius 3 is 2.43 bits per heavy atom. The molecule has 1 N–H and O–H groups in total. The third-order valence-electron chi connectivity index (χ3n) is 3.42. The minimum absolute atomic E-state index is 0.704. The van der Waals surface area contributed by atoms with Gasteiger partial charge in [0.05, 0.1) is 10.7 Å². The van der Waals surface area contributed by atoms with Crippen LogP contribution in [0.4, 0.5) is 17.3 Å². The summed E-state index contributed by atoms with van der Waals surface area (Å²) < 4.78 is 0. The molecule has 0 amide bonds. The van der Waals surface area contributed by atoms with Crippen LogP contribution in [-0.2, 0) is 0 Å². The van der Waals surface area contributed by atoms with Crippen molar-refractivity contribution in [3.63, 3.8) is 0 Å². The summed E-state index contributed by atoms with van der Waals surface area (Å²) in [5.41, 5.74) is 3.14. The second-order valence-electron chi connectivity index (χ2n) is 5.00. The second kappa shape index (κ2) is 6.76. The molecule has 21 heavy (non-hydrogen) atoms. The summed E-state index contributed by atoms with van der Waals surface area (Å²) in [6.45, 7) is 10.1. The van der Waals surface area contributed by atoms with E-state index in [-0.39, 0.29) is 0 Å². The fraction of sp³-hybridized carbons (Fsp3) is 0.375. The molecule has 0 aliphatic rings. The molecule has 1 aromatic heterocycles. The fourth-order valence-corrected chi connectivity index (χ4v) is 2.71. The summed E-state index contributed by atoms with van der Waals surface area (Å²) in [7, 11) is 0. The number of nitrogens with one attached hydrogen (secondary N) is 1. The van der Waals surface area contributed by atoms with Crippen LogP contribution in [0.2, 0.25) is 5.02 Å². The molecule has 2 rings (SSSR count). The molecule has 0 radical (unpaired) electrons. The molecule has 2 aromatic rings. The molecule has 1 aromatic carbocycles. The average Bonchev–Trinajstić information content (AvgIpc) is 2.45. The van der Waals surface area contributed by atoms with Crippen LogP contribution in [0.15, 0.2) is 24.5 Å². The number of rotatable bonds is 5. The number of aromatic nitrogens is 2. The lowest BCUT2D eigenvalue weighted by Crippen LogP contribution is -2.23. The van der Waals surface area contributed by atoms with Crippen molar-refractivity contribution >= 4 is 28.9 Å². The van der Waals surface area contributed by atoms with Crippen molar-refractivity contribution in [1.82, 2.24) is 9.97 Å². The number of aryl methyl sites for hydroxylation is 2. The maximum atomic E-state index is 6.33. The molecule has 0 aliphatic carbocycles. The van der Waals surface area contributed by atoms with Crippen molar-refractivity contribution in [2.24, 2.45) is 0 Å². The molecule has 0 fully saturated rings. The molecular formula is C16H21ClN4. The Morgan fingerprint density at radius 2 is 1.81 bits per heavy atom. The first kappa shape index (κ1) is 15.6. The first-order valence-corrected chi connectivity index (χ1v) is 7.53. The van der Waals surface area contributed by atoms with E-state index in [9.17, 15) is 0 Å². The number of halogens is 1. The highest BCUT2D eigenvalue weighted by molar-refractivity contribution is 6.33. The van der Waals surface area contributed by atoms with E-state index in [0.29, 0.717) is 5.02 Å². The SMILES string of the molecule is CCN(CC)c1cc(Nc2c(C)cc(C)cc2Cl)ncn1. The smallest absolute Gasteiger partial charge is 0.135 e. The molecule has 0 unspecified atom stereocenters. The predicted molar refractivity (Wildman–Crippen MR) is 89.8 cm³/mol. The lowest BCUT2D eigenvalue weighted by Gasteiger charge is -2.20. The summed E-state index contributed by atoms with van der Waals surface area (Å²) in [5.74, 6) is 1.67. The van der Waals surface area contributed by atoms with Gasteiger partial charge in [-0.2, -0.15) is 0 Å². The molecular weight excluding hydrogens is 284 g/mol. The second-order valence-corrected chi connectivity index (χ2v) is 5.40. The van der Waals surface area contributed by atoms with Gasteiger partial charge < -0.3 is 10.2 Å². The Labute approximate surface area is 131 Å². The molecule has 0 saturated carbocycles. The number of hydrogen-bond donors (Lipinski definition) is 1. The lowest BCUT2D eigenvalue weighted by atomic mass is 10.1. The van der Waals surface area contributed by atoms with E-state index in [1.54, 1.807) is 6.33 Å². The van der Waals surface area contributed by atoms with Gasteiger partial charge in [0.25, 0.3) is 0 Å². The number of hydrogen-bond acceptors (Lipinski definition) is 4. The molecule has 1 heterocycles. The fourth-order valence-electron chi connectivity index (χ4n) is 2.34. The quantitative estimate of drug-likeness (QED) is 0.892. The maximum absolute atomic E-state index is 6.33. The van der Waals surface area contributed by atoms with Gasteiger partial charge >= 0.3 is 0 Å². The normalized spacial score (nSPS) is 10.5.